The van der Waals surface area contributed by atoms with Gasteiger partial charge >= 0.3 is 0 Å². The van der Waals surface area contributed by atoms with Crippen LogP contribution in [0.2, 0.25) is 0 Å². The second-order valence-electron chi connectivity index (χ2n) is 4.97. The second kappa shape index (κ2) is 4.84. The highest BCUT2D eigenvalue weighted by Gasteiger charge is 2.36. The average Bonchev–Trinajstić information content (AvgIpc) is 3.00. The van der Waals surface area contributed by atoms with Crippen LogP contribution in [0.5, 0.6) is 0 Å². The molecule has 0 unspecified atom stereocenters. The second-order valence-corrected chi connectivity index (χ2v) is 4.97. The molecule has 92 valence electrons. The minimum atomic E-state index is -0.303. The summed E-state index contributed by atoms with van der Waals surface area (Å²) in [5.41, 5.74) is 1.02. The van der Waals surface area contributed by atoms with E-state index in [2.05, 4.69) is 17.6 Å². The minimum absolute atomic E-state index is 0.0964. The maximum absolute atomic E-state index is 12.6. The van der Waals surface area contributed by atoms with Gasteiger partial charge in [-0.25, -0.2) is 4.39 Å². The van der Waals surface area contributed by atoms with Gasteiger partial charge in [-0.15, -0.1) is 0 Å². The van der Waals surface area contributed by atoms with Crippen LogP contribution in [0.15, 0.2) is 24.3 Å². The Hall–Kier alpha value is -1.42. The van der Waals surface area contributed by atoms with Crippen molar-refractivity contribution in [3.05, 3.63) is 30.1 Å². The van der Waals surface area contributed by atoms with Crippen molar-refractivity contribution in [2.75, 3.05) is 18.4 Å². The number of amides is 1. The first kappa shape index (κ1) is 12.0. The van der Waals surface area contributed by atoms with Crippen LogP contribution in [0.3, 0.4) is 0 Å². The van der Waals surface area contributed by atoms with Crippen LogP contribution in [0.25, 0.3) is 0 Å². The van der Waals surface area contributed by atoms with E-state index in [4.69, 9.17) is 0 Å². The van der Waals surface area contributed by atoms with E-state index in [9.17, 15) is 9.18 Å². The Morgan fingerprint density at radius 3 is 2.59 bits per heavy atom. The van der Waals surface area contributed by atoms with Crippen LogP contribution in [-0.4, -0.2) is 19.0 Å². The number of carbonyl (C=O) groups excluding carboxylic acids is 1. The molecule has 1 aliphatic rings. The summed E-state index contributed by atoms with van der Waals surface area (Å²) in [6, 6.07) is 5.76. The van der Waals surface area contributed by atoms with E-state index in [1.165, 1.54) is 25.0 Å². The lowest BCUT2D eigenvalue weighted by atomic mass is 10.1. The van der Waals surface area contributed by atoms with E-state index in [0.29, 0.717) is 17.6 Å². The molecule has 1 amide bonds. The van der Waals surface area contributed by atoms with Gasteiger partial charge in [0.05, 0.1) is 6.54 Å². The Labute approximate surface area is 100 Å². The van der Waals surface area contributed by atoms with Crippen molar-refractivity contribution < 1.29 is 9.18 Å². The molecule has 0 aromatic heterocycles. The maximum Gasteiger partial charge on any atom is 0.238 e. The molecule has 0 radical (unpaired) electrons. The van der Waals surface area contributed by atoms with Crippen molar-refractivity contribution in [1.82, 2.24) is 5.32 Å². The van der Waals surface area contributed by atoms with Gasteiger partial charge in [0.1, 0.15) is 5.82 Å². The van der Waals surface area contributed by atoms with E-state index in [0.717, 1.165) is 6.54 Å². The number of nitrogens with one attached hydrogen (secondary N) is 2. The summed E-state index contributed by atoms with van der Waals surface area (Å²) in [4.78, 5) is 11.5. The molecule has 1 saturated carbocycles. The summed E-state index contributed by atoms with van der Waals surface area (Å²) in [5, 5.41) is 5.84. The lowest BCUT2D eigenvalue weighted by Crippen LogP contribution is -2.31. The van der Waals surface area contributed by atoms with Crippen molar-refractivity contribution in [1.29, 1.82) is 0 Å². The van der Waals surface area contributed by atoms with Gasteiger partial charge in [0.2, 0.25) is 5.91 Å². The van der Waals surface area contributed by atoms with Crippen LogP contribution < -0.4 is 10.6 Å². The van der Waals surface area contributed by atoms with E-state index in [1.807, 2.05) is 0 Å². The summed E-state index contributed by atoms with van der Waals surface area (Å²) in [6.45, 7) is 3.38. The molecule has 0 saturated heterocycles. The molecule has 0 atom stereocenters. The molecule has 3 nitrogen and oxygen atoms in total. The topological polar surface area (TPSA) is 41.1 Å². The monoisotopic (exact) mass is 236 g/mol. The molecule has 2 rings (SSSR count). The smallest absolute Gasteiger partial charge is 0.238 e. The highest BCUT2D eigenvalue weighted by Crippen LogP contribution is 2.43. The number of hydrogen-bond donors (Lipinski definition) is 2. The Balaban J connectivity index is 1.71. The molecule has 0 spiro atoms. The van der Waals surface area contributed by atoms with Crippen molar-refractivity contribution in [3.63, 3.8) is 0 Å². The quantitative estimate of drug-likeness (QED) is 0.822. The lowest BCUT2D eigenvalue weighted by molar-refractivity contribution is -0.115. The van der Waals surface area contributed by atoms with Gasteiger partial charge < -0.3 is 10.6 Å². The zero-order valence-corrected chi connectivity index (χ0v) is 9.92. The maximum atomic E-state index is 12.6. The Morgan fingerprint density at radius 2 is 2.00 bits per heavy atom. The van der Waals surface area contributed by atoms with Crippen molar-refractivity contribution in [3.8, 4) is 0 Å². The van der Waals surface area contributed by atoms with Gasteiger partial charge in [0, 0.05) is 12.2 Å². The Kier molecular flexibility index (Phi) is 3.43. The summed E-state index contributed by atoms with van der Waals surface area (Å²) < 4.78 is 12.6. The summed E-state index contributed by atoms with van der Waals surface area (Å²) in [6.07, 6.45) is 2.47. The van der Waals surface area contributed by atoms with Crippen LogP contribution in [0.4, 0.5) is 10.1 Å². The molecular formula is C13H17FN2O. The molecule has 17 heavy (non-hydrogen) atoms. The third-order valence-electron chi connectivity index (χ3n) is 3.07. The van der Waals surface area contributed by atoms with Gasteiger partial charge in [-0.3, -0.25) is 4.79 Å². The number of hydrogen-bond acceptors (Lipinski definition) is 2. The van der Waals surface area contributed by atoms with E-state index >= 15 is 0 Å². The highest BCUT2D eigenvalue weighted by molar-refractivity contribution is 5.92. The SMILES string of the molecule is CC1(CNCC(=O)Nc2ccc(F)cc2)CC1. The summed E-state index contributed by atoms with van der Waals surface area (Å²) >= 11 is 0. The molecule has 1 aromatic carbocycles. The van der Waals surface area contributed by atoms with Crippen molar-refractivity contribution >= 4 is 11.6 Å². The molecule has 0 heterocycles. The zero-order valence-electron chi connectivity index (χ0n) is 9.92. The largest absolute Gasteiger partial charge is 0.325 e. The van der Waals surface area contributed by atoms with E-state index in [-0.39, 0.29) is 11.7 Å². The Morgan fingerprint density at radius 1 is 1.35 bits per heavy atom. The van der Waals surface area contributed by atoms with Crippen molar-refractivity contribution in [2.24, 2.45) is 5.41 Å². The lowest BCUT2D eigenvalue weighted by Gasteiger charge is -2.10. The number of halogens is 1. The van der Waals surface area contributed by atoms with E-state index < -0.39 is 0 Å². The van der Waals surface area contributed by atoms with Crippen LogP contribution in [-0.2, 0) is 4.79 Å². The normalized spacial score (nSPS) is 16.6. The first-order valence-electron chi connectivity index (χ1n) is 5.84. The predicted molar refractivity (Wildman–Crippen MR) is 65.2 cm³/mol. The fourth-order valence-electron chi connectivity index (χ4n) is 1.61. The van der Waals surface area contributed by atoms with Gasteiger partial charge in [-0.2, -0.15) is 0 Å². The van der Waals surface area contributed by atoms with Crippen LogP contribution in [0, 0.1) is 11.2 Å². The summed E-state index contributed by atoms with van der Waals surface area (Å²) in [5.74, 6) is -0.399. The third kappa shape index (κ3) is 3.82. The molecule has 2 N–H and O–H groups in total. The standard InChI is InChI=1S/C13H17FN2O/c1-13(6-7-13)9-15-8-12(17)16-11-4-2-10(14)3-5-11/h2-5,15H,6-9H2,1H3,(H,16,17). The fraction of sp³-hybridized carbons (Fsp3) is 0.462. The van der Waals surface area contributed by atoms with Gasteiger partial charge in [-0.1, -0.05) is 6.92 Å². The molecule has 1 aliphatic carbocycles. The molecule has 1 fully saturated rings. The first-order valence-corrected chi connectivity index (χ1v) is 5.84. The number of rotatable bonds is 5. The number of benzene rings is 1. The molecule has 0 bridgehead atoms. The molecule has 4 heteroatoms. The minimum Gasteiger partial charge on any atom is -0.325 e. The van der Waals surface area contributed by atoms with Crippen molar-refractivity contribution in [2.45, 2.75) is 19.8 Å². The molecule has 0 aliphatic heterocycles. The first-order chi connectivity index (χ1) is 8.07. The predicted octanol–water partition coefficient (Wildman–Crippen LogP) is 2.15. The average molecular weight is 236 g/mol. The van der Waals surface area contributed by atoms with Crippen LogP contribution in [0.1, 0.15) is 19.8 Å². The van der Waals surface area contributed by atoms with Gasteiger partial charge in [0.25, 0.3) is 0 Å². The fourth-order valence-corrected chi connectivity index (χ4v) is 1.61. The molecule has 1 aromatic rings. The number of carbonyl (C=O) groups is 1. The zero-order chi connectivity index (χ0) is 12.3. The third-order valence-corrected chi connectivity index (χ3v) is 3.07. The van der Waals surface area contributed by atoms with Gasteiger partial charge in [-0.05, 0) is 42.5 Å². The van der Waals surface area contributed by atoms with Crippen LogP contribution >= 0.6 is 0 Å². The summed E-state index contributed by atoms with van der Waals surface area (Å²) in [7, 11) is 0. The number of anilines is 1. The van der Waals surface area contributed by atoms with E-state index in [1.54, 1.807) is 12.1 Å². The Bertz CT molecular complexity index is 398. The van der Waals surface area contributed by atoms with Gasteiger partial charge in [0.15, 0.2) is 0 Å². The highest BCUT2D eigenvalue weighted by atomic mass is 19.1. The molecular weight excluding hydrogens is 219 g/mol.